The Hall–Kier alpha value is -1.22. The van der Waals surface area contributed by atoms with E-state index in [1.54, 1.807) is 0 Å². The first-order valence-corrected chi connectivity index (χ1v) is 7.07. The maximum Gasteiger partial charge on any atom is 0.0602 e. The molecule has 1 aliphatic rings. The maximum atomic E-state index is 9.57. The number of anilines is 2. The van der Waals surface area contributed by atoms with Gasteiger partial charge in [0.25, 0.3) is 0 Å². The second kappa shape index (κ2) is 6.64. The van der Waals surface area contributed by atoms with E-state index in [2.05, 4.69) is 41.4 Å². The molecule has 0 bridgehead atoms. The summed E-state index contributed by atoms with van der Waals surface area (Å²) >= 11 is 0. The van der Waals surface area contributed by atoms with E-state index >= 15 is 0 Å². The Kier molecular flexibility index (Phi) is 4.88. The molecule has 0 amide bonds. The Bertz CT molecular complexity index is 359. The van der Waals surface area contributed by atoms with Gasteiger partial charge in [0.05, 0.1) is 17.5 Å². The average Bonchev–Trinajstić information content (AvgIpc) is 2.41. The number of aliphatic hydroxyl groups excluding tert-OH is 1. The van der Waals surface area contributed by atoms with E-state index in [0.717, 1.165) is 32.5 Å². The monoisotopic (exact) mass is 248 g/mol. The number of benzene rings is 1. The summed E-state index contributed by atoms with van der Waals surface area (Å²) in [5.41, 5.74) is 2.50. The van der Waals surface area contributed by atoms with E-state index in [1.807, 2.05) is 0 Å². The Balaban J connectivity index is 2.02. The first-order chi connectivity index (χ1) is 8.81. The molecule has 3 heteroatoms. The van der Waals surface area contributed by atoms with Gasteiger partial charge in [0.2, 0.25) is 0 Å². The lowest BCUT2D eigenvalue weighted by atomic mass is 10.1. The van der Waals surface area contributed by atoms with Crippen molar-refractivity contribution in [1.29, 1.82) is 0 Å². The molecular weight excluding hydrogens is 224 g/mol. The van der Waals surface area contributed by atoms with Gasteiger partial charge in [0.1, 0.15) is 0 Å². The molecule has 1 saturated heterocycles. The molecule has 2 rings (SSSR count). The van der Waals surface area contributed by atoms with Crippen LogP contribution in [0.15, 0.2) is 24.3 Å². The number of aliphatic hydroxyl groups is 1. The van der Waals surface area contributed by atoms with Crippen LogP contribution in [-0.2, 0) is 0 Å². The lowest BCUT2D eigenvalue weighted by molar-refractivity contribution is 0.145. The van der Waals surface area contributed by atoms with Gasteiger partial charge in [-0.1, -0.05) is 25.5 Å². The lowest BCUT2D eigenvalue weighted by Crippen LogP contribution is -2.36. The van der Waals surface area contributed by atoms with Crippen LogP contribution in [0.2, 0.25) is 0 Å². The zero-order valence-electron chi connectivity index (χ0n) is 11.2. The molecule has 0 radical (unpaired) electrons. The summed E-state index contributed by atoms with van der Waals surface area (Å²) in [6.07, 6.45) is 4.06. The van der Waals surface area contributed by atoms with Crippen molar-refractivity contribution in [2.45, 2.75) is 38.7 Å². The summed E-state index contributed by atoms with van der Waals surface area (Å²) in [6, 6.07) is 8.49. The van der Waals surface area contributed by atoms with E-state index in [0.29, 0.717) is 0 Å². The Labute approximate surface area is 110 Å². The minimum Gasteiger partial charge on any atom is -0.393 e. The molecule has 1 aromatic rings. The molecule has 1 heterocycles. The molecule has 1 aliphatic heterocycles. The molecule has 0 aromatic heterocycles. The largest absolute Gasteiger partial charge is 0.393 e. The number of unbranched alkanes of at least 4 members (excludes halogenated alkanes) is 1. The minimum atomic E-state index is -0.110. The van der Waals surface area contributed by atoms with Crippen LogP contribution in [0.25, 0.3) is 0 Å². The quantitative estimate of drug-likeness (QED) is 0.787. The first-order valence-electron chi connectivity index (χ1n) is 7.07. The van der Waals surface area contributed by atoms with Crippen molar-refractivity contribution >= 4 is 11.4 Å². The van der Waals surface area contributed by atoms with Crippen LogP contribution in [0.3, 0.4) is 0 Å². The van der Waals surface area contributed by atoms with E-state index in [4.69, 9.17) is 0 Å². The van der Waals surface area contributed by atoms with Gasteiger partial charge in [-0.15, -0.1) is 0 Å². The van der Waals surface area contributed by atoms with Gasteiger partial charge in [-0.05, 0) is 31.4 Å². The van der Waals surface area contributed by atoms with Gasteiger partial charge in [-0.3, -0.25) is 0 Å². The Morgan fingerprint density at radius 1 is 1.28 bits per heavy atom. The van der Waals surface area contributed by atoms with Crippen molar-refractivity contribution in [2.24, 2.45) is 0 Å². The fourth-order valence-corrected chi connectivity index (χ4v) is 2.41. The molecule has 2 N–H and O–H groups in total. The van der Waals surface area contributed by atoms with Crippen LogP contribution < -0.4 is 10.2 Å². The number of nitrogens with one attached hydrogen (secondary N) is 1. The van der Waals surface area contributed by atoms with Crippen molar-refractivity contribution in [3.63, 3.8) is 0 Å². The molecule has 100 valence electrons. The SMILES string of the molecule is CCCCNc1ccccc1N1CCC(O)CC1. The molecular formula is C15H24N2O. The number of rotatable bonds is 5. The standard InChI is InChI=1S/C15H24N2O/c1-2-3-10-16-14-6-4-5-7-15(14)17-11-8-13(18)9-12-17/h4-7,13,16,18H,2-3,8-12H2,1H3. The number of hydrogen-bond acceptors (Lipinski definition) is 3. The Morgan fingerprint density at radius 2 is 2.00 bits per heavy atom. The summed E-state index contributed by atoms with van der Waals surface area (Å²) in [7, 11) is 0. The summed E-state index contributed by atoms with van der Waals surface area (Å²) in [4.78, 5) is 2.38. The van der Waals surface area contributed by atoms with Crippen molar-refractivity contribution in [2.75, 3.05) is 29.9 Å². The van der Waals surface area contributed by atoms with Crippen LogP contribution in [0.4, 0.5) is 11.4 Å². The van der Waals surface area contributed by atoms with Crippen LogP contribution in [0.5, 0.6) is 0 Å². The summed E-state index contributed by atoms with van der Waals surface area (Å²) in [5.74, 6) is 0. The smallest absolute Gasteiger partial charge is 0.0602 e. The summed E-state index contributed by atoms with van der Waals surface area (Å²) < 4.78 is 0. The fourth-order valence-electron chi connectivity index (χ4n) is 2.41. The normalized spacial score (nSPS) is 16.9. The van der Waals surface area contributed by atoms with Crippen LogP contribution in [-0.4, -0.2) is 30.8 Å². The molecule has 0 unspecified atom stereocenters. The summed E-state index contributed by atoms with van der Waals surface area (Å²) in [6.45, 7) is 5.14. The van der Waals surface area contributed by atoms with Gasteiger partial charge in [-0.25, -0.2) is 0 Å². The van der Waals surface area contributed by atoms with E-state index in [-0.39, 0.29) is 6.10 Å². The molecule has 1 fully saturated rings. The fraction of sp³-hybridized carbons (Fsp3) is 0.600. The molecule has 0 spiro atoms. The topological polar surface area (TPSA) is 35.5 Å². The van der Waals surface area contributed by atoms with Crippen LogP contribution >= 0.6 is 0 Å². The third-order valence-electron chi connectivity index (χ3n) is 3.55. The highest BCUT2D eigenvalue weighted by Gasteiger charge is 2.18. The second-order valence-electron chi connectivity index (χ2n) is 5.02. The number of nitrogens with zero attached hydrogens (tertiary/aromatic N) is 1. The molecule has 0 aliphatic carbocycles. The molecule has 0 saturated carbocycles. The molecule has 1 aromatic carbocycles. The average molecular weight is 248 g/mol. The first kappa shape index (κ1) is 13.2. The van der Waals surface area contributed by atoms with Crippen molar-refractivity contribution < 1.29 is 5.11 Å². The van der Waals surface area contributed by atoms with Gasteiger partial charge in [0.15, 0.2) is 0 Å². The van der Waals surface area contributed by atoms with Gasteiger partial charge >= 0.3 is 0 Å². The van der Waals surface area contributed by atoms with Crippen LogP contribution in [0, 0.1) is 0 Å². The molecule has 3 nitrogen and oxygen atoms in total. The third-order valence-corrected chi connectivity index (χ3v) is 3.55. The zero-order chi connectivity index (χ0) is 12.8. The predicted molar refractivity (Wildman–Crippen MR) is 77.3 cm³/mol. The number of hydrogen-bond donors (Lipinski definition) is 2. The highest BCUT2D eigenvalue weighted by Crippen LogP contribution is 2.28. The second-order valence-corrected chi connectivity index (χ2v) is 5.02. The predicted octanol–water partition coefficient (Wildman–Crippen LogP) is 2.86. The summed E-state index contributed by atoms with van der Waals surface area (Å²) in [5, 5.41) is 13.1. The third kappa shape index (κ3) is 3.39. The van der Waals surface area contributed by atoms with Crippen molar-refractivity contribution in [3.05, 3.63) is 24.3 Å². The van der Waals surface area contributed by atoms with E-state index in [9.17, 15) is 5.11 Å². The highest BCUT2D eigenvalue weighted by atomic mass is 16.3. The van der Waals surface area contributed by atoms with E-state index < -0.39 is 0 Å². The Morgan fingerprint density at radius 3 is 2.72 bits per heavy atom. The molecule has 0 atom stereocenters. The number of piperidine rings is 1. The zero-order valence-corrected chi connectivity index (χ0v) is 11.2. The van der Waals surface area contributed by atoms with E-state index in [1.165, 1.54) is 24.2 Å². The van der Waals surface area contributed by atoms with Gasteiger partial charge in [0, 0.05) is 19.6 Å². The highest BCUT2D eigenvalue weighted by molar-refractivity contribution is 5.70. The van der Waals surface area contributed by atoms with Crippen molar-refractivity contribution in [1.82, 2.24) is 0 Å². The lowest BCUT2D eigenvalue weighted by Gasteiger charge is -2.33. The van der Waals surface area contributed by atoms with Gasteiger partial charge < -0.3 is 15.3 Å². The van der Waals surface area contributed by atoms with Crippen LogP contribution in [0.1, 0.15) is 32.6 Å². The number of para-hydroxylation sites is 2. The maximum absolute atomic E-state index is 9.57. The minimum absolute atomic E-state index is 0.110. The van der Waals surface area contributed by atoms with Crippen molar-refractivity contribution in [3.8, 4) is 0 Å². The van der Waals surface area contributed by atoms with Gasteiger partial charge in [-0.2, -0.15) is 0 Å². The molecule has 18 heavy (non-hydrogen) atoms.